The van der Waals surface area contributed by atoms with Crippen molar-refractivity contribution in [2.75, 3.05) is 20.0 Å². The molecule has 0 bridgehead atoms. The van der Waals surface area contributed by atoms with Gasteiger partial charge in [0.1, 0.15) is 16.4 Å². The molecule has 3 rings (SSSR count). The third-order valence-electron chi connectivity index (χ3n) is 3.92. The van der Waals surface area contributed by atoms with E-state index in [1.54, 1.807) is 23.9 Å². The number of fused-ring (bicyclic) bond motifs is 1. The molecule has 1 aliphatic rings. The second-order valence-corrected chi connectivity index (χ2v) is 8.18. The van der Waals surface area contributed by atoms with Crippen LogP contribution in [0.25, 0.3) is 0 Å². The van der Waals surface area contributed by atoms with E-state index in [9.17, 15) is 8.42 Å². The number of methoxy groups -OCH3 is 2. The number of rotatable bonds is 5. The van der Waals surface area contributed by atoms with Gasteiger partial charge in [0.15, 0.2) is 0 Å². The van der Waals surface area contributed by atoms with Crippen molar-refractivity contribution in [3.63, 3.8) is 0 Å². The first-order valence-corrected chi connectivity index (χ1v) is 9.98. The smallest absolute Gasteiger partial charge is 0.244 e. The lowest BCUT2D eigenvalue weighted by Gasteiger charge is -2.26. The number of hydrogen-bond donors (Lipinski definition) is 1. The highest BCUT2D eigenvalue weighted by atomic mass is 32.2. The molecule has 2 aromatic carbocycles. The van der Waals surface area contributed by atoms with Crippen molar-refractivity contribution < 1.29 is 17.9 Å². The van der Waals surface area contributed by atoms with Crippen molar-refractivity contribution in [2.45, 2.75) is 22.3 Å². The van der Waals surface area contributed by atoms with Gasteiger partial charge in [-0.1, -0.05) is 18.2 Å². The normalized spacial score (nSPS) is 17.2. The molecular weight excluding hydrogens is 346 g/mol. The summed E-state index contributed by atoms with van der Waals surface area (Å²) in [6, 6.07) is 12.4. The average Bonchev–Trinajstić information content (AvgIpc) is 2.61. The zero-order valence-corrected chi connectivity index (χ0v) is 15.1. The highest BCUT2D eigenvalue weighted by molar-refractivity contribution is 7.99. The van der Waals surface area contributed by atoms with Crippen molar-refractivity contribution in [1.82, 2.24) is 4.72 Å². The second-order valence-electron chi connectivity index (χ2n) is 5.37. The zero-order chi connectivity index (χ0) is 17.2. The summed E-state index contributed by atoms with van der Waals surface area (Å²) in [4.78, 5) is 1.20. The summed E-state index contributed by atoms with van der Waals surface area (Å²) in [5, 5.41) is 0. The molecule has 128 valence electrons. The maximum Gasteiger partial charge on any atom is 0.244 e. The second kappa shape index (κ2) is 7.04. The summed E-state index contributed by atoms with van der Waals surface area (Å²) in [7, 11) is -0.790. The standard InChI is InChI=1S/C17H19NO4S2/c1-21-12-7-8-15(22-2)17(11-12)24(19,20)18-14-9-10-23-16-6-4-3-5-13(14)16/h3-8,11,14,18H,9-10H2,1-2H3/t14-/m1/s1. The van der Waals surface area contributed by atoms with Crippen LogP contribution in [0.3, 0.4) is 0 Å². The van der Waals surface area contributed by atoms with Gasteiger partial charge < -0.3 is 9.47 Å². The Morgan fingerprint density at radius 2 is 1.92 bits per heavy atom. The first-order valence-electron chi connectivity index (χ1n) is 7.51. The summed E-state index contributed by atoms with van der Waals surface area (Å²) in [6.45, 7) is 0. The van der Waals surface area contributed by atoms with Crippen LogP contribution >= 0.6 is 11.8 Å². The molecule has 7 heteroatoms. The van der Waals surface area contributed by atoms with Crippen molar-refractivity contribution in [3.8, 4) is 11.5 Å². The third-order valence-corrected chi connectivity index (χ3v) is 6.53. The largest absolute Gasteiger partial charge is 0.497 e. The molecule has 24 heavy (non-hydrogen) atoms. The van der Waals surface area contributed by atoms with Gasteiger partial charge in [-0.3, -0.25) is 0 Å². The zero-order valence-electron chi connectivity index (χ0n) is 13.5. The Kier molecular flexibility index (Phi) is 5.03. The SMILES string of the molecule is COc1ccc(OC)c(S(=O)(=O)N[C@@H]2CCSc3ccccc32)c1. The van der Waals surface area contributed by atoms with Gasteiger partial charge in [-0.2, -0.15) is 0 Å². The summed E-state index contributed by atoms with van der Waals surface area (Å²) in [5.41, 5.74) is 1.01. The van der Waals surface area contributed by atoms with E-state index in [1.165, 1.54) is 20.3 Å². The van der Waals surface area contributed by atoms with Gasteiger partial charge in [0.2, 0.25) is 10.0 Å². The number of thioether (sulfide) groups is 1. The summed E-state index contributed by atoms with van der Waals surface area (Å²) < 4.78 is 39.0. The van der Waals surface area contributed by atoms with E-state index in [0.717, 1.165) is 22.6 Å². The van der Waals surface area contributed by atoms with Crippen LogP contribution in [0, 0.1) is 0 Å². The van der Waals surface area contributed by atoms with E-state index < -0.39 is 10.0 Å². The molecule has 0 spiro atoms. The molecule has 0 saturated heterocycles. The van der Waals surface area contributed by atoms with E-state index in [-0.39, 0.29) is 10.9 Å². The van der Waals surface area contributed by atoms with Crippen LogP contribution in [0.15, 0.2) is 52.3 Å². The van der Waals surface area contributed by atoms with Gasteiger partial charge in [0, 0.05) is 17.0 Å². The molecule has 1 N–H and O–H groups in total. The van der Waals surface area contributed by atoms with E-state index in [2.05, 4.69) is 4.72 Å². The predicted molar refractivity (Wildman–Crippen MR) is 94.4 cm³/mol. The maximum absolute atomic E-state index is 12.9. The lowest BCUT2D eigenvalue weighted by atomic mass is 10.1. The van der Waals surface area contributed by atoms with Crippen LogP contribution in [0.5, 0.6) is 11.5 Å². The molecule has 1 atom stereocenters. The van der Waals surface area contributed by atoms with Gasteiger partial charge in [0.25, 0.3) is 0 Å². The fourth-order valence-electron chi connectivity index (χ4n) is 2.71. The first kappa shape index (κ1) is 17.1. The van der Waals surface area contributed by atoms with Gasteiger partial charge in [0.05, 0.1) is 14.2 Å². The molecule has 0 fully saturated rings. The van der Waals surface area contributed by atoms with E-state index in [0.29, 0.717) is 11.5 Å². The van der Waals surface area contributed by atoms with Crippen LogP contribution in [-0.4, -0.2) is 28.4 Å². The van der Waals surface area contributed by atoms with Gasteiger partial charge in [-0.25, -0.2) is 13.1 Å². The first-order chi connectivity index (χ1) is 11.5. The summed E-state index contributed by atoms with van der Waals surface area (Å²) >= 11 is 1.75. The molecule has 0 amide bonds. The molecule has 2 aromatic rings. The Balaban J connectivity index is 1.96. The molecule has 0 aromatic heterocycles. The fourth-order valence-corrected chi connectivity index (χ4v) is 5.27. The molecule has 0 radical (unpaired) electrons. The number of sulfonamides is 1. The van der Waals surface area contributed by atoms with E-state index in [1.807, 2.05) is 24.3 Å². The average molecular weight is 365 g/mol. The Morgan fingerprint density at radius 3 is 2.67 bits per heavy atom. The molecule has 1 aliphatic heterocycles. The minimum Gasteiger partial charge on any atom is -0.497 e. The maximum atomic E-state index is 12.9. The molecule has 0 aliphatic carbocycles. The number of benzene rings is 2. The summed E-state index contributed by atoms with van der Waals surface area (Å²) in [5.74, 6) is 1.64. The number of ether oxygens (including phenoxy) is 2. The van der Waals surface area contributed by atoms with Crippen LogP contribution in [0.2, 0.25) is 0 Å². The molecular formula is C17H19NO4S2. The van der Waals surface area contributed by atoms with Gasteiger partial charge in [-0.15, -0.1) is 11.8 Å². The number of nitrogens with one attached hydrogen (secondary N) is 1. The van der Waals surface area contributed by atoms with E-state index >= 15 is 0 Å². The van der Waals surface area contributed by atoms with Crippen LogP contribution in [-0.2, 0) is 10.0 Å². The lowest BCUT2D eigenvalue weighted by Crippen LogP contribution is -2.31. The highest BCUT2D eigenvalue weighted by Gasteiger charge is 2.28. The van der Waals surface area contributed by atoms with Gasteiger partial charge in [-0.05, 0) is 35.9 Å². The molecule has 5 nitrogen and oxygen atoms in total. The Hall–Kier alpha value is -1.70. The minimum absolute atomic E-state index is 0.0834. The van der Waals surface area contributed by atoms with Crippen LogP contribution < -0.4 is 14.2 Å². The minimum atomic E-state index is -3.74. The lowest BCUT2D eigenvalue weighted by molar-refractivity contribution is 0.391. The molecule has 0 unspecified atom stereocenters. The van der Waals surface area contributed by atoms with Crippen LogP contribution in [0.1, 0.15) is 18.0 Å². The monoisotopic (exact) mass is 365 g/mol. The predicted octanol–water partition coefficient (Wildman–Crippen LogP) is 3.22. The Morgan fingerprint density at radius 1 is 1.12 bits per heavy atom. The van der Waals surface area contributed by atoms with Crippen LogP contribution in [0.4, 0.5) is 0 Å². The Labute approximate surface area is 146 Å². The van der Waals surface area contributed by atoms with Crippen molar-refractivity contribution in [2.24, 2.45) is 0 Å². The molecule has 0 saturated carbocycles. The highest BCUT2D eigenvalue weighted by Crippen LogP contribution is 2.37. The van der Waals surface area contributed by atoms with Gasteiger partial charge >= 0.3 is 0 Å². The fraction of sp³-hybridized carbons (Fsp3) is 0.294. The van der Waals surface area contributed by atoms with Crippen molar-refractivity contribution in [1.29, 1.82) is 0 Å². The number of hydrogen-bond acceptors (Lipinski definition) is 5. The third kappa shape index (κ3) is 3.38. The van der Waals surface area contributed by atoms with Crippen molar-refractivity contribution in [3.05, 3.63) is 48.0 Å². The van der Waals surface area contributed by atoms with E-state index in [4.69, 9.17) is 9.47 Å². The topological polar surface area (TPSA) is 64.6 Å². The molecule has 1 heterocycles. The quantitative estimate of drug-likeness (QED) is 0.881. The Bertz CT molecular complexity index is 836. The van der Waals surface area contributed by atoms with Crippen molar-refractivity contribution >= 4 is 21.8 Å². The summed E-state index contributed by atoms with van der Waals surface area (Å²) in [6.07, 6.45) is 0.743.